The highest BCUT2D eigenvalue weighted by molar-refractivity contribution is 6.72. The van der Waals surface area contributed by atoms with Crippen molar-refractivity contribution >= 4 is 31.8 Å². The van der Waals surface area contributed by atoms with Gasteiger partial charge >= 0.3 is 8.56 Å². The molecule has 37 heavy (non-hydrogen) atoms. The summed E-state index contributed by atoms with van der Waals surface area (Å²) in [5, 5.41) is 1.22. The summed E-state index contributed by atoms with van der Waals surface area (Å²) in [5.74, 6) is 0. The minimum Gasteiger partial charge on any atom is -0.408 e. The van der Waals surface area contributed by atoms with Crippen molar-refractivity contribution in [1.82, 2.24) is 9.88 Å². The highest BCUT2D eigenvalue weighted by Crippen LogP contribution is 2.24. The van der Waals surface area contributed by atoms with E-state index in [-0.39, 0.29) is 11.6 Å². The second-order valence-corrected chi connectivity index (χ2v) is 13.0. The number of fused-ring (bicyclic) bond motifs is 1. The van der Waals surface area contributed by atoms with E-state index in [0.717, 1.165) is 48.9 Å². The number of aldehydes is 1. The molecule has 0 aliphatic carbocycles. The Morgan fingerprint density at radius 3 is 2.27 bits per heavy atom. The summed E-state index contributed by atoms with van der Waals surface area (Å²) < 4.78 is 0. The van der Waals surface area contributed by atoms with Crippen molar-refractivity contribution in [3.05, 3.63) is 113 Å². The fourth-order valence-corrected chi connectivity index (χ4v) is 5.32. The van der Waals surface area contributed by atoms with Crippen molar-refractivity contribution in [3.8, 4) is 0 Å². The average molecular weight is 513 g/mol. The number of hydrogen-bond donors (Lipinski definition) is 3. The third-order valence-corrected chi connectivity index (χ3v) is 9.40. The molecule has 3 N–H and O–H groups in total. The summed E-state index contributed by atoms with van der Waals surface area (Å²) in [6.45, 7) is 5.13. The van der Waals surface area contributed by atoms with Gasteiger partial charge in [-0.05, 0) is 46.9 Å². The number of benzene rings is 3. The van der Waals surface area contributed by atoms with Gasteiger partial charge in [0.25, 0.3) is 0 Å². The van der Waals surface area contributed by atoms with E-state index in [9.17, 15) is 14.4 Å². The van der Waals surface area contributed by atoms with Crippen LogP contribution < -0.4 is 0 Å². The van der Waals surface area contributed by atoms with Gasteiger partial charge < -0.3 is 19.4 Å². The van der Waals surface area contributed by atoms with E-state index < -0.39 is 8.56 Å². The van der Waals surface area contributed by atoms with Gasteiger partial charge in [0.15, 0.2) is 0 Å². The minimum atomic E-state index is -3.37. The Morgan fingerprint density at radius 1 is 0.892 bits per heavy atom. The van der Waals surface area contributed by atoms with Crippen LogP contribution in [0.4, 0.5) is 0 Å². The first-order valence-corrected chi connectivity index (χ1v) is 14.9. The quantitative estimate of drug-likeness (QED) is 0.171. The summed E-state index contributed by atoms with van der Waals surface area (Å²) in [5.41, 5.74) is 6.78. The van der Waals surface area contributed by atoms with Gasteiger partial charge in [0.2, 0.25) is 0 Å². The molecule has 0 bridgehead atoms. The number of aromatic nitrogens is 1. The lowest BCUT2D eigenvalue weighted by molar-refractivity contribution is -0.112. The van der Waals surface area contributed by atoms with Gasteiger partial charge in [-0.25, -0.2) is 0 Å². The number of nitrogens with one attached hydrogen (secondary N) is 1. The largest absolute Gasteiger partial charge is 0.408 e. The van der Waals surface area contributed by atoms with Crippen molar-refractivity contribution < 1.29 is 14.4 Å². The van der Waals surface area contributed by atoms with E-state index in [2.05, 4.69) is 46.4 Å². The molecule has 0 radical (unpaired) electrons. The van der Waals surface area contributed by atoms with E-state index >= 15 is 0 Å². The van der Waals surface area contributed by atoms with Crippen molar-refractivity contribution in [2.24, 2.45) is 0 Å². The SMILES string of the molecule is CC(C)[Si](O)(O)C=Cc1ccc(C(C=O)N(CCc2ccccc2)CCc2c[nH]c3ccccc23)cc1. The Bertz CT molecular complexity index is 1310. The number of aromatic amines is 1. The molecule has 0 spiro atoms. The Morgan fingerprint density at radius 2 is 1.57 bits per heavy atom. The number of hydrogen-bond acceptors (Lipinski definition) is 4. The van der Waals surface area contributed by atoms with E-state index in [1.165, 1.54) is 22.2 Å². The van der Waals surface area contributed by atoms with E-state index in [1.807, 2.05) is 62.4 Å². The molecular formula is C31H36N2O3Si. The zero-order valence-corrected chi connectivity index (χ0v) is 22.5. The Balaban J connectivity index is 1.53. The molecule has 4 aromatic rings. The topological polar surface area (TPSA) is 76.6 Å². The Labute approximate surface area is 220 Å². The Kier molecular flexibility index (Phi) is 8.90. The van der Waals surface area contributed by atoms with E-state index in [1.54, 1.807) is 6.08 Å². The molecule has 0 aliphatic heterocycles. The van der Waals surface area contributed by atoms with Crippen molar-refractivity contribution in [3.63, 3.8) is 0 Å². The summed E-state index contributed by atoms with van der Waals surface area (Å²) in [6.07, 6.45) is 6.55. The molecule has 4 rings (SSSR count). The summed E-state index contributed by atoms with van der Waals surface area (Å²) in [7, 11) is -3.37. The normalized spacial score (nSPS) is 13.1. The van der Waals surface area contributed by atoms with Crippen LogP contribution in [0.2, 0.25) is 5.54 Å². The van der Waals surface area contributed by atoms with E-state index in [4.69, 9.17) is 0 Å². The predicted molar refractivity (Wildman–Crippen MR) is 153 cm³/mol. The molecule has 1 atom stereocenters. The van der Waals surface area contributed by atoms with Crippen molar-refractivity contribution in [1.29, 1.82) is 0 Å². The molecule has 0 amide bonds. The third-order valence-electron chi connectivity index (χ3n) is 7.04. The summed E-state index contributed by atoms with van der Waals surface area (Å²) in [6, 6.07) is 26.1. The molecule has 6 heteroatoms. The molecule has 0 saturated carbocycles. The van der Waals surface area contributed by atoms with Crippen LogP contribution in [-0.2, 0) is 17.6 Å². The molecule has 0 fully saturated rings. The van der Waals surface area contributed by atoms with Crippen LogP contribution in [0.25, 0.3) is 17.0 Å². The first-order chi connectivity index (χ1) is 17.9. The number of carbonyl (C=O) groups excluding carboxylic acids is 1. The zero-order valence-electron chi connectivity index (χ0n) is 21.5. The number of para-hydroxylation sites is 1. The van der Waals surface area contributed by atoms with Gasteiger partial charge in [-0.3, -0.25) is 4.90 Å². The van der Waals surface area contributed by atoms with Crippen LogP contribution >= 0.6 is 0 Å². The molecule has 1 heterocycles. The number of nitrogens with zero attached hydrogens (tertiary/aromatic N) is 1. The minimum absolute atomic E-state index is 0.183. The summed E-state index contributed by atoms with van der Waals surface area (Å²) >= 11 is 0. The highest BCUT2D eigenvalue weighted by Gasteiger charge is 2.30. The number of rotatable bonds is 12. The smallest absolute Gasteiger partial charge is 0.362 e. The van der Waals surface area contributed by atoms with Crippen molar-refractivity contribution in [2.45, 2.75) is 38.3 Å². The van der Waals surface area contributed by atoms with Gasteiger partial charge in [0.05, 0.1) is 6.04 Å². The van der Waals surface area contributed by atoms with E-state index in [0.29, 0.717) is 0 Å². The second kappa shape index (κ2) is 12.3. The standard InChI is InChI=1S/C31H36N2O3Si/c1-24(2)37(35,36)21-18-26-12-14-27(15-13-26)31(23-34)33(19-16-25-8-4-3-5-9-25)20-17-28-22-32-30-11-7-6-10-29(28)30/h3-15,18,21-24,31-32,35-36H,16-17,19-20H2,1-2H3. The molecule has 0 saturated heterocycles. The van der Waals surface area contributed by atoms with Crippen LogP contribution in [0, 0.1) is 0 Å². The molecule has 0 aliphatic rings. The molecule has 1 aromatic heterocycles. The monoisotopic (exact) mass is 512 g/mol. The molecule has 3 aromatic carbocycles. The third kappa shape index (κ3) is 6.93. The first kappa shape index (κ1) is 26.8. The summed E-state index contributed by atoms with van der Waals surface area (Å²) in [4.78, 5) is 38.5. The number of H-pyrrole nitrogens is 1. The lowest BCUT2D eigenvalue weighted by atomic mass is 10.0. The lowest BCUT2D eigenvalue weighted by Gasteiger charge is -2.28. The average Bonchev–Trinajstić information content (AvgIpc) is 3.33. The maximum atomic E-state index is 12.4. The maximum Gasteiger partial charge on any atom is 0.362 e. The second-order valence-electron chi connectivity index (χ2n) is 9.90. The molecular weight excluding hydrogens is 476 g/mol. The van der Waals surface area contributed by atoms with Crippen LogP contribution in [-0.4, -0.2) is 47.4 Å². The number of carbonyl (C=O) groups is 1. The fourth-order valence-electron chi connectivity index (χ4n) is 4.50. The molecule has 192 valence electrons. The van der Waals surface area contributed by atoms with Crippen LogP contribution in [0.15, 0.2) is 90.8 Å². The van der Waals surface area contributed by atoms with Gasteiger partial charge in [-0.1, -0.05) is 92.7 Å². The maximum absolute atomic E-state index is 12.4. The van der Waals surface area contributed by atoms with Gasteiger partial charge in [-0.2, -0.15) is 0 Å². The Hall–Kier alpha value is -3.29. The van der Waals surface area contributed by atoms with Crippen LogP contribution in [0.5, 0.6) is 0 Å². The first-order valence-electron chi connectivity index (χ1n) is 12.9. The lowest BCUT2D eigenvalue weighted by Crippen LogP contribution is -2.35. The van der Waals surface area contributed by atoms with Gasteiger partial charge in [0, 0.05) is 35.7 Å². The highest BCUT2D eigenvalue weighted by atomic mass is 28.4. The van der Waals surface area contributed by atoms with Gasteiger partial charge in [0.1, 0.15) is 6.29 Å². The fraction of sp³-hybridized carbons (Fsp3) is 0.258. The molecule has 5 nitrogen and oxygen atoms in total. The van der Waals surface area contributed by atoms with Crippen molar-refractivity contribution in [2.75, 3.05) is 13.1 Å². The van der Waals surface area contributed by atoms with Gasteiger partial charge in [-0.15, -0.1) is 0 Å². The zero-order chi connectivity index (χ0) is 26.3. The molecule has 1 unspecified atom stereocenters. The van der Waals surface area contributed by atoms with Crippen LogP contribution in [0.3, 0.4) is 0 Å². The van der Waals surface area contributed by atoms with Crippen LogP contribution in [0.1, 0.15) is 42.1 Å². The predicted octanol–water partition coefficient (Wildman–Crippen LogP) is 5.58.